The van der Waals surface area contributed by atoms with Crippen LogP contribution in [0.25, 0.3) is 0 Å². The number of hydrogen-bond donors (Lipinski definition) is 1. The quantitative estimate of drug-likeness (QED) is 0.300. The van der Waals surface area contributed by atoms with Crippen molar-refractivity contribution >= 4 is 13.3 Å². The highest BCUT2D eigenvalue weighted by Gasteiger charge is 2.38. The molecule has 0 aliphatic rings. The number of rotatable bonds is 9. The number of anilines is 1. The van der Waals surface area contributed by atoms with E-state index in [0.717, 1.165) is 28.1 Å². The monoisotopic (exact) mass is 449 g/mol. The van der Waals surface area contributed by atoms with E-state index < -0.39 is 13.4 Å². The second kappa shape index (κ2) is 11.5. The number of hydrogen-bond acceptors (Lipinski definition) is 5. The highest BCUT2D eigenvalue weighted by Crippen LogP contribution is 2.61. The maximum atomic E-state index is 13.9. The Kier molecular flexibility index (Phi) is 8.53. The molecule has 0 heterocycles. The van der Waals surface area contributed by atoms with Crippen LogP contribution < -0.4 is 10.1 Å². The second-order valence-corrected chi connectivity index (χ2v) is 8.97. The Morgan fingerprint density at radius 2 is 1.47 bits per heavy atom. The summed E-state index contributed by atoms with van der Waals surface area (Å²) in [5.74, 6) is 6.41. The van der Waals surface area contributed by atoms with Crippen LogP contribution in [-0.4, -0.2) is 20.3 Å². The van der Waals surface area contributed by atoms with Crippen LogP contribution in [0.4, 0.5) is 5.69 Å². The van der Waals surface area contributed by atoms with Gasteiger partial charge in [-0.05, 0) is 56.3 Å². The van der Waals surface area contributed by atoms with Gasteiger partial charge in [0.15, 0.2) is 5.78 Å². The maximum absolute atomic E-state index is 13.9. The predicted octanol–water partition coefficient (Wildman–Crippen LogP) is 6.47. The molecule has 0 fully saturated rings. The minimum absolute atomic E-state index is 0.260. The molecular weight excluding hydrogens is 421 g/mol. The number of methoxy groups -OCH3 is 1. The normalized spacial score (nSPS) is 11.8. The Morgan fingerprint density at radius 1 is 0.844 bits per heavy atom. The lowest BCUT2D eigenvalue weighted by molar-refractivity contribution is 0.214. The molecule has 0 bridgehead atoms. The van der Waals surface area contributed by atoms with Gasteiger partial charge in [0.2, 0.25) is 0 Å². The first-order chi connectivity index (χ1) is 15.6. The van der Waals surface area contributed by atoms with E-state index in [4.69, 9.17) is 13.8 Å². The zero-order valence-electron chi connectivity index (χ0n) is 18.6. The van der Waals surface area contributed by atoms with Crippen molar-refractivity contribution in [2.24, 2.45) is 0 Å². The average molecular weight is 449 g/mol. The molecule has 32 heavy (non-hydrogen) atoms. The van der Waals surface area contributed by atoms with E-state index in [1.165, 1.54) is 0 Å². The SMILES string of the molecule is CCOP(=O)(OCC)C(Nc1ccc(OC)cc1)c1ccccc1C#Cc1ccccc1. The van der Waals surface area contributed by atoms with Gasteiger partial charge in [0.1, 0.15) is 5.75 Å². The van der Waals surface area contributed by atoms with Gasteiger partial charge in [-0.25, -0.2) is 0 Å². The molecule has 0 aliphatic heterocycles. The minimum Gasteiger partial charge on any atom is -0.497 e. The van der Waals surface area contributed by atoms with E-state index in [9.17, 15) is 4.57 Å². The largest absolute Gasteiger partial charge is 0.497 e. The molecule has 1 unspecified atom stereocenters. The summed E-state index contributed by atoms with van der Waals surface area (Å²) in [6, 6.07) is 24.8. The van der Waals surface area contributed by atoms with Crippen molar-refractivity contribution in [3.05, 3.63) is 95.6 Å². The van der Waals surface area contributed by atoms with Crippen LogP contribution in [0, 0.1) is 11.8 Å². The minimum atomic E-state index is -3.57. The Morgan fingerprint density at radius 3 is 2.09 bits per heavy atom. The molecule has 5 nitrogen and oxygen atoms in total. The molecular formula is C26H28NO4P. The molecule has 1 atom stereocenters. The molecule has 166 valence electrons. The zero-order chi connectivity index (χ0) is 22.8. The van der Waals surface area contributed by atoms with Crippen molar-refractivity contribution in [3.8, 4) is 17.6 Å². The van der Waals surface area contributed by atoms with Gasteiger partial charge in [-0.15, -0.1) is 0 Å². The van der Waals surface area contributed by atoms with Gasteiger partial charge in [0, 0.05) is 22.4 Å². The van der Waals surface area contributed by atoms with Gasteiger partial charge in [-0.3, -0.25) is 4.57 Å². The van der Waals surface area contributed by atoms with Crippen LogP contribution >= 0.6 is 7.60 Å². The Hall–Kier alpha value is -3.03. The van der Waals surface area contributed by atoms with Crippen LogP contribution in [0.3, 0.4) is 0 Å². The maximum Gasteiger partial charge on any atom is 0.357 e. The van der Waals surface area contributed by atoms with Crippen LogP contribution in [0.1, 0.15) is 36.3 Å². The van der Waals surface area contributed by atoms with Crippen LogP contribution in [0.5, 0.6) is 5.75 Å². The van der Waals surface area contributed by atoms with Crippen molar-refractivity contribution < 1.29 is 18.3 Å². The average Bonchev–Trinajstić information content (AvgIpc) is 2.83. The molecule has 1 N–H and O–H groups in total. The van der Waals surface area contributed by atoms with Gasteiger partial charge < -0.3 is 19.1 Å². The summed E-state index contributed by atoms with van der Waals surface area (Å²) < 4.78 is 30.6. The molecule has 6 heteroatoms. The molecule has 0 aromatic heterocycles. The lowest BCUT2D eigenvalue weighted by Crippen LogP contribution is -2.16. The molecule has 0 radical (unpaired) electrons. The van der Waals surface area contributed by atoms with E-state index in [1.807, 2.05) is 78.9 Å². The van der Waals surface area contributed by atoms with Gasteiger partial charge in [-0.1, -0.05) is 48.2 Å². The predicted molar refractivity (Wildman–Crippen MR) is 129 cm³/mol. The van der Waals surface area contributed by atoms with Gasteiger partial charge in [0.25, 0.3) is 0 Å². The van der Waals surface area contributed by atoms with E-state index >= 15 is 0 Å². The first-order valence-corrected chi connectivity index (χ1v) is 12.2. The van der Waals surface area contributed by atoms with Crippen LogP contribution in [0.2, 0.25) is 0 Å². The summed E-state index contributed by atoms with van der Waals surface area (Å²) >= 11 is 0. The fourth-order valence-corrected chi connectivity index (χ4v) is 5.19. The van der Waals surface area contributed by atoms with Crippen molar-refractivity contribution in [2.75, 3.05) is 25.6 Å². The second-order valence-electron chi connectivity index (χ2n) is 6.85. The van der Waals surface area contributed by atoms with Gasteiger partial charge in [-0.2, -0.15) is 0 Å². The summed E-state index contributed by atoms with van der Waals surface area (Å²) in [4.78, 5) is 0. The van der Waals surface area contributed by atoms with Crippen LogP contribution in [-0.2, 0) is 13.6 Å². The summed E-state index contributed by atoms with van der Waals surface area (Å²) in [6.07, 6.45) is 0. The first kappa shape index (κ1) is 23.6. The smallest absolute Gasteiger partial charge is 0.357 e. The number of nitrogens with one attached hydrogen (secondary N) is 1. The van der Waals surface area contributed by atoms with Crippen LogP contribution in [0.15, 0.2) is 78.9 Å². The molecule has 3 aromatic carbocycles. The van der Waals surface area contributed by atoms with E-state index in [0.29, 0.717) is 0 Å². The third-order valence-electron chi connectivity index (χ3n) is 4.70. The standard InChI is InChI=1S/C26H28NO4P/c1-4-30-32(28,31-5-2)26(27-23-17-19-24(29-3)20-18-23)25-14-10-9-13-22(25)16-15-21-11-7-6-8-12-21/h6-14,17-20,26-27H,4-5H2,1-3H3. The number of ether oxygens (including phenoxy) is 1. The molecule has 3 rings (SSSR count). The Bertz CT molecular complexity index is 1090. The lowest BCUT2D eigenvalue weighted by atomic mass is 10.1. The Balaban J connectivity index is 2.06. The molecule has 3 aromatic rings. The molecule has 0 saturated heterocycles. The van der Waals surface area contributed by atoms with E-state index in [2.05, 4.69) is 17.2 Å². The van der Waals surface area contributed by atoms with Crippen molar-refractivity contribution in [1.29, 1.82) is 0 Å². The highest BCUT2D eigenvalue weighted by atomic mass is 31.2. The lowest BCUT2D eigenvalue weighted by Gasteiger charge is -2.29. The molecule has 0 saturated carbocycles. The summed E-state index contributed by atoms with van der Waals surface area (Å²) in [5, 5.41) is 3.36. The molecule has 0 amide bonds. The van der Waals surface area contributed by atoms with Gasteiger partial charge in [0.05, 0.1) is 20.3 Å². The third kappa shape index (κ3) is 6.02. The van der Waals surface area contributed by atoms with Gasteiger partial charge >= 0.3 is 7.60 Å². The molecule has 0 spiro atoms. The van der Waals surface area contributed by atoms with Crippen molar-refractivity contribution in [2.45, 2.75) is 19.6 Å². The third-order valence-corrected chi connectivity index (χ3v) is 6.97. The topological polar surface area (TPSA) is 56.8 Å². The van der Waals surface area contributed by atoms with E-state index in [1.54, 1.807) is 21.0 Å². The zero-order valence-corrected chi connectivity index (χ0v) is 19.5. The summed E-state index contributed by atoms with van der Waals surface area (Å²) in [6.45, 7) is 4.13. The molecule has 0 aliphatic carbocycles. The van der Waals surface area contributed by atoms with E-state index in [-0.39, 0.29) is 13.2 Å². The highest BCUT2D eigenvalue weighted by molar-refractivity contribution is 7.54. The number of benzene rings is 3. The first-order valence-electron chi connectivity index (χ1n) is 10.5. The summed E-state index contributed by atoms with van der Waals surface area (Å²) in [5.41, 5.74) is 3.17. The van der Waals surface area contributed by atoms with Crippen molar-refractivity contribution in [3.63, 3.8) is 0 Å². The Labute approximate surface area is 190 Å². The van der Waals surface area contributed by atoms with Crippen molar-refractivity contribution in [1.82, 2.24) is 0 Å². The fraction of sp³-hybridized carbons (Fsp3) is 0.231. The fourth-order valence-electron chi connectivity index (χ4n) is 3.23. The summed E-state index contributed by atoms with van der Waals surface area (Å²) in [7, 11) is -1.95.